The maximum absolute atomic E-state index is 4.37. The highest BCUT2D eigenvalue weighted by atomic mass is 32.2. The van der Waals surface area contributed by atoms with Crippen LogP contribution < -0.4 is 0 Å². The summed E-state index contributed by atoms with van der Waals surface area (Å²) in [6.45, 7) is 6.52. The Bertz CT molecular complexity index is 153. The summed E-state index contributed by atoms with van der Waals surface area (Å²) < 4.78 is 0. The first-order chi connectivity index (χ1) is 5.72. The van der Waals surface area contributed by atoms with E-state index in [2.05, 4.69) is 18.5 Å². The molecule has 0 atom stereocenters. The number of nitrogens with zero attached hydrogens (tertiary/aromatic N) is 2. The fourth-order valence-electron chi connectivity index (χ4n) is 0.652. The van der Waals surface area contributed by atoms with Gasteiger partial charge in [-0.05, 0) is 6.42 Å². The molecule has 0 aliphatic carbocycles. The van der Waals surface area contributed by atoms with Crippen LogP contribution in [-0.4, -0.2) is 36.5 Å². The lowest BCUT2D eigenvalue weighted by Crippen LogP contribution is -2.19. The lowest BCUT2D eigenvalue weighted by atomic mass is 10.6. The van der Waals surface area contributed by atoms with Crippen LogP contribution in [0.25, 0.3) is 0 Å². The SMILES string of the molecule is C=CCN=C(SCCC)N(C)C. The van der Waals surface area contributed by atoms with Crippen molar-refractivity contribution in [3.8, 4) is 0 Å². The molecule has 12 heavy (non-hydrogen) atoms. The van der Waals surface area contributed by atoms with Crippen molar-refractivity contribution < 1.29 is 0 Å². The minimum atomic E-state index is 0.713. The Morgan fingerprint density at radius 2 is 2.25 bits per heavy atom. The van der Waals surface area contributed by atoms with Crippen LogP contribution in [0.3, 0.4) is 0 Å². The molecule has 0 aromatic carbocycles. The van der Waals surface area contributed by atoms with Gasteiger partial charge in [0.2, 0.25) is 0 Å². The summed E-state index contributed by atoms with van der Waals surface area (Å²) in [5.41, 5.74) is 0. The molecule has 2 nitrogen and oxygen atoms in total. The summed E-state index contributed by atoms with van der Waals surface area (Å²) in [4.78, 5) is 6.41. The van der Waals surface area contributed by atoms with E-state index in [0.29, 0.717) is 6.54 Å². The van der Waals surface area contributed by atoms with Crippen molar-refractivity contribution in [2.75, 3.05) is 26.4 Å². The molecule has 3 heteroatoms. The highest BCUT2D eigenvalue weighted by molar-refractivity contribution is 8.13. The molecule has 0 amide bonds. The molecule has 0 rings (SSSR count). The molecule has 0 spiro atoms. The lowest BCUT2D eigenvalue weighted by Gasteiger charge is -2.14. The largest absolute Gasteiger partial charge is 0.358 e. The fourth-order valence-corrected chi connectivity index (χ4v) is 1.46. The Balaban J connectivity index is 3.93. The number of hydrogen-bond donors (Lipinski definition) is 0. The molecule has 0 unspecified atom stereocenters. The summed E-state index contributed by atoms with van der Waals surface area (Å²) in [7, 11) is 4.04. The molecule has 0 aromatic rings. The summed E-state index contributed by atoms with van der Waals surface area (Å²) in [5, 5.41) is 1.09. The summed E-state index contributed by atoms with van der Waals surface area (Å²) in [5.74, 6) is 1.13. The van der Waals surface area contributed by atoms with Gasteiger partial charge in [0.25, 0.3) is 0 Å². The van der Waals surface area contributed by atoms with Crippen LogP contribution >= 0.6 is 11.8 Å². The van der Waals surface area contributed by atoms with E-state index in [1.165, 1.54) is 6.42 Å². The van der Waals surface area contributed by atoms with Gasteiger partial charge in [-0.3, -0.25) is 4.99 Å². The first-order valence-corrected chi connectivity index (χ1v) is 5.16. The van der Waals surface area contributed by atoms with Gasteiger partial charge in [-0.2, -0.15) is 0 Å². The molecule has 70 valence electrons. The van der Waals surface area contributed by atoms with Gasteiger partial charge in [0.1, 0.15) is 0 Å². The van der Waals surface area contributed by atoms with Gasteiger partial charge >= 0.3 is 0 Å². The van der Waals surface area contributed by atoms with Crippen molar-refractivity contribution in [2.24, 2.45) is 4.99 Å². The molecule has 0 bridgehead atoms. The standard InChI is InChI=1S/C9H18N2S/c1-5-7-10-9(11(3)4)12-8-6-2/h5H,1,6-8H2,2-4H3. The quantitative estimate of drug-likeness (QED) is 0.380. The van der Waals surface area contributed by atoms with Crippen LogP contribution in [-0.2, 0) is 0 Å². The van der Waals surface area contributed by atoms with Crippen molar-refractivity contribution in [3.05, 3.63) is 12.7 Å². The second kappa shape index (κ2) is 7.22. The minimum Gasteiger partial charge on any atom is -0.358 e. The van der Waals surface area contributed by atoms with E-state index in [-0.39, 0.29) is 0 Å². The van der Waals surface area contributed by atoms with Crippen LogP contribution in [0.2, 0.25) is 0 Å². The molecule has 0 saturated carbocycles. The minimum absolute atomic E-state index is 0.713. The molecule has 0 heterocycles. The van der Waals surface area contributed by atoms with E-state index >= 15 is 0 Å². The normalized spacial score (nSPS) is 11.4. The maximum Gasteiger partial charge on any atom is 0.158 e. The predicted octanol–water partition coefficient (Wildman–Crippen LogP) is 2.23. The van der Waals surface area contributed by atoms with Crippen molar-refractivity contribution in [1.82, 2.24) is 4.90 Å². The molecule has 0 N–H and O–H groups in total. The van der Waals surface area contributed by atoms with Crippen LogP contribution in [0.5, 0.6) is 0 Å². The molecule has 0 aliphatic heterocycles. The predicted molar refractivity (Wildman–Crippen MR) is 58.9 cm³/mol. The van der Waals surface area contributed by atoms with Gasteiger partial charge < -0.3 is 4.90 Å². The molecular weight excluding hydrogens is 168 g/mol. The highest BCUT2D eigenvalue weighted by Gasteiger charge is 1.99. The number of rotatable bonds is 4. The van der Waals surface area contributed by atoms with E-state index < -0.39 is 0 Å². The van der Waals surface area contributed by atoms with E-state index in [0.717, 1.165) is 10.9 Å². The van der Waals surface area contributed by atoms with Gasteiger partial charge in [-0.25, -0.2) is 0 Å². The van der Waals surface area contributed by atoms with Gasteiger partial charge in [0, 0.05) is 19.8 Å². The second-order valence-corrected chi connectivity index (χ2v) is 3.72. The van der Waals surface area contributed by atoms with Gasteiger partial charge in [-0.1, -0.05) is 24.8 Å². The van der Waals surface area contributed by atoms with Gasteiger partial charge in [0.05, 0.1) is 6.54 Å². The monoisotopic (exact) mass is 186 g/mol. The third-order valence-corrected chi connectivity index (χ3v) is 2.54. The third kappa shape index (κ3) is 5.24. The summed E-state index contributed by atoms with van der Waals surface area (Å²) >= 11 is 1.80. The average molecular weight is 186 g/mol. The Hall–Kier alpha value is -0.440. The molecular formula is C9H18N2S. The first kappa shape index (κ1) is 11.6. The first-order valence-electron chi connectivity index (χ1n) is 4.17. The number of hydrogen-bond acceptors (Lipinski definition) is 2. The topological polar surface area (TPSA) is 15.6 Å². The molecule has 0 aliphatic rings. The molecule has 0 saturated heterocycles. The molecule has 0 radical (unpaired) electrons. The van der Waals surface area contributed by atoms with E-state index in [4.69, 9.17) is 0 Å². The van der Waals surface area contributed by atoms with Crippen molar-refractivity contribution in [1.29, 1.82) is 0 Å². The Kier molecular flexibility index (Phi) is 6.96. The third-order valence-electron chi connectivity index (χ3n) is 1.17. The zero-order valence-electron chi connectivity index (χ0n) is 8.21. The smallest absolute Gasteiger partial charge is 0.158 e. The molecule has 0 aromatic heterocycles. The Labute approximate surface area is 79.7 Å². The second-order valence-electron chi connectivity index (χ2n) is 2.65. The molecule has 0 fully saturated rings. The number of thioether (sulfide) groups is 1. The maximum atomic E-state index is 4.37. The highest BCUT2D eigenvalue weighted by Crippen LogP contribution is 2.07. The lowest BCUT2D eigenvalue weighted by molar-refractivity contribution is 0.634. The van der Waals surface area contributed by atoms with E-state index in [1.54, 1.807) is 11.8 Å². The average Bonchev–Trinajstić information content (AvgIpc) is 2.04. The van der Waals surface area contributed by atoms with Crippen LogP contribution in [0.15, 0.2) is 17.6 Å². The van der Waals surface area contributed by atoms with E-state index in [1.807, 2.05) is 25.1 Å². The number of amidine groups is 1. The van der Waals surface area contributed by atoms with Gasteiger partial charge in [0.15, 0.2) is 5.17 Å². The fraction of sp³-hybridized carbons (Fsp3) is 0.667. The van der Waals surface area contributed by atoms with Gasteiger partial charge in [-0.15, -0.1) is 6.58 Å². The Morgan fingerprint density at radius 3 is 2.67 bits per heavy atom. The van der Waals surface area contributed by atoms with Crippen molar-refractivity contribution in [2.45, 2.75) is 13.3 Å². The van der Waals surface area contributed by atoms with Crippen LogP contribution in [0.1, 0.15) is 13.3 Å². The van der Waals surface area contributed by atoms with Crippen LogP contribution in [0.4, 0.5) is 0 Å². The Morgan fingerprint density at radius 1 is 1.58 bits per heavy atom. The number of aliphatic imine (C=N–C) groups is 1. The zero-order chi connectivity index (χ0) is 9.40. The van der Waals surface area contributed by atoms with Crippen molar-refractivity contribution in [3.63, 3.8) is 0 Å². The van der Waals surface area contributed by atoms with Crippen LogP contribution in [0, 0.1) is 0 Å². The van der Waals surface area contributed by atoms with E-state index in [9.17, 15) is 0 Å². The summed E-state index contributed by atoms with van der Waals surface area (Å²) in [6, 6.07) is 0. The summed E-state index contributed by atoms with van der Waals surface area (Å²) in [6.07, 6.45) is 3.00. The van der Waals surface area contributed by atoms with Crippen molar-refractivity contribution >= 4 is 16.9 Å². The zero-order valence-corrected chi connectivity index (χ0v) is 9.02.